The van der Waals surface area contributed by atoms with E-state index in [9.17, 15) is 0 Å². The first-order valence-corrected chi connectivity index (χ1v) is 16.3. The van der Waals surface area contributed by atoms with Crippen LogP contribution in [0.2, 0.25) is 0 Å². The first kappa shape index (κ1) is 32.2. The van der Waals surface area contributed by atoms with Crippen LogP contribution in [0.5, 0.6) is 11.5 Å². The quantitative estimate of drug-likeness (QED) is 0.286. The summed E-state index contributed by atoms with van der Waals surface area (Å²) in [5, 5.41) is 0. The van der Waals surface area contributed by atoms with Crippen LogP contribution in [-0.2, 0) is 0 Å². The van der Waals surface area contributed by atoms with E-state index in [1.54, 1.807) is 62.4 Å². The molecule has 2 aliphatic heterocycles. The zero-order valence-electron chi connectivity index (χ0n) is 26.2. The Kier molecular flexibility index (Phi) is 7.26. The molecule has 2 aliphatic carbocycles. The minimum Gasteiger partial charge on any atom is -0.497 e. The average Bonchev–Trinajstić information content (AvgIpc) is 3.52. The predicted molar refractivity (Wildman–Crippen MR) is 170 cm³/mol. The van der Waals surface area contributed by atoms with Crippen LogP contribution in [0.3, 0.4) is 0 Å². The van der Waals surface area contributed by atoms with Crippen molar-refractivity contribution >= 4 is 33.3 Å². The molecule has 45 heavy (non-hydrogen) atoms. The third-order valence-electron chi connectivity index (χ3n) is 9.75. The summed E-state index contributed by atoms with van der Waals surface area (Å²) in [5.41, 5.74) is -0.664. The van der Waals surface area contributed by atoms with Crippen molar-refractivity contribution in [2.75, 3.05) is 14.2 Å². The van der Waals surface area contributed by atoms with E-state index in [-0.39, 0.29) is 11.1 Å². The molecule has 2 atom stereocenters. The van der Waals surface area contributed by atoms with Gasteiger partial charge in [0.1, 0.15) is 11.5 Å². The number of rotatable bonds is 6. The highest BCUT2D eigenvalue weighted by Crippen LogP contribution is 2.80. The second-order valence-corrected chi connectivity index (χ2v) is 15.1. The van der Waals surface area contributed by atoms with Gasteiger partial charge < -0.3 is 9.47 Å². The second kappa shape index (κ2) is 10.1. The lowest BCUT2D eigenvalue weighted by atomic mass is 9.60. The SMILES string of the molecule is COc1ccc(C2=C(C)C3=C4C(=C5C(C)=C(c6ccc(OC)cc6)SC5(C(C)C)C3(C(C)C)S2)C(F)(F)C(F)(F)C4(F)F)cc1. The van der Waals surface area contributed by atoms with Crippen LogP contribution < -0.4 is 9.47 Å². The number of thioether (sulfide) groups is 2. The zero-order chi connectivity index (χ0) is 33.1. The molecule has 0 aromatic heterocycles. The van der Waals surface area contributed by atoms with E-state index in [0.717, 1.165) is 0 Å². The van der Waals surface area contributed by atoms with E-state index in [1.165, 1.54) is 37.7 Å². The van der Waals surface area contributed by atoms with Crippen molar-refractivity contribution in [3.05, 3.63) is 93.1 Å². The van der Waals surface area contributed by atoms with Crippen LogP contribution in [0.1, 0.15) is 52.7 Å². The molecule has 0 bridgehead atoms. The van der Waals surface area contributed by atoms with Crippen LogP contribution in [0, 0.1) is 11.8 Å². The molecule has 2 aromatic rings. The molecule has 6 rings (SSSR count). The van der Waals surface area contributed by atoms with E-state index in [1.807, 2.05) is 27.7 Å². The van der Waals surface area contributed by atoms with Crippen LogP contribution in [0.4, 0.5) is 26.3 Å². The third-order valence-corrected chi connectivity index (χ3v) is 14.0. The highest BCUT2D eigenvalue weighted by atomic mass is 32.2. The highest BCUT2D eigenvalue weighted by molar-refractivity contribution is 8.14. The molecule has 0 N–H and O–H groups in total. The topological polar surface area (TPSA) is 18.5 Å². The van der Waals surface area contributed by atoms with Gasteiger partial charge in [0, 0.05) is 21.0 Å². The maximum absolute atomic E-state index is 16.2. The monoisotopic (exact) mass is 664 g/mol. The summed E-state index contributed by atoms with van der Waals surface area (Å²) < 4.78 is 104. The van der Waals surface area contributed by atoms with E-state index < -0.39 is 50.2 Å². The van der Waals surface area contributed by atoms with Crippen molar-refractivity contribution in [2.45, 2.75) is 68.8 Å². The molecule has 240 valence electrons. The fraction of sp³-hybridized carbons (Fsp3) is 0.429. The van der Waals surface area contributed by atoms with Gasteiger partial charge in [-0.15, -0.1) is 23.5 Å². The molecule has 1 fully saturated rings. The molecular formula is C35H34F6O2S2. The summed E-state index contributed by atoms with van der Waals surface area (Å²) in [6, 6.07) is 14.0. The second-order valence-electron chi connectivity index (χ2n) is 12.6. The number of methoxy groups -OCH3 is 2. The predicted octanol–water partition coefficient (Wildman–Crippen LogP) is 10.7. The average molecular weight is 665 g/mol. The molecule has 0 radical (unpaired) electrons. The maximum atomic E-state index is 16.2. The first-order valence-electron chi connectivity index (χ1n) is 14.7. The van der Waals surface area contributed by atoms with Crippen molar-refractivity contribution in [3.8, 4) is 11.5 Å². The Balaban J connectivity index is 1.77. The minimum absolute atomic E-state index is 0.0982. The number of ether oxygens (including phenoxy) is 2. The molecule has 4 aliphatic rings. The maximum Gasteiger partial charge on any atom is 0.380 e. The van der Waals surface area contributed by atoms with Crippen molar-refractivity contribution in [3.63, 3.8) is 0 Å². The Labute approximate surface area is 268 Å². The molecule has 10 heteroatoms. The Hall–Kier alpha value is -2.72. The van der Waals surface area contributed by atoms with Crippen molar-refractivity contribution in [2.24, 2.45) is 11.8 Å². The highest BCUT2D eigenvalue weighted by Gasteiger charge is 2.85. The molecule has 2 nitrogen and oxygen atoms in total. The van der Waals surface area contributed by atoms with Gasteiger partial charge in [-0.25, -0.2) is 0 Å². The van der Waals surface area contributed by atoms with E-state index in [0.29, 0.717) is 43.6 Å². The van der Waals surface area contributed by atoms with Crippen molar-refractivity contribution < 1.29 is 35.8 Å². The zero-order valence-corrected chi connectivity index (χ0v) is 27.8. The van der Waals surface area contributed by atoms with Gasteiger partial charge in [-0.3, -0.25) is 0 Å². The van der Waals surface area contributed by atoms with Gasteiger partial charge >= 0.3 is 17.8 Å². The normalized spacial score (nSPS) is 27.9. The first-order chi connectivity index (χ1) is 21.0. The van der Waals surface area contributed by atoms with E-state index in [4.69, 9.17) is 9.47 Å². The number of halogens is 6. The number of benzene rings is 2. The van der Waals surface area contributed by atoms with E-state index in [2.05, 4.69) is 0 Å². The molecule has 2 unspecified atom stereocenters. The number of alkyl halides is 6. The lowest BCUT2D eigenvalue weighted by Crippen LogP contribution is -2.59. The largest absolute Gasteiger partial charge is 0.497 e. The summed E-state index contributed by atoms with van der Waals surface area (Å²) in [4.78, 5) is 1.19. The van der Waals surface area contributed by atoms with Crippen molar-refractivity contribution in [1.29, 1.82) is 0 Å². The Morgan fingerprint density at radius 2 is 0.844 bits per heavy atom. The van der Waals surface area contributed by atoms with Crippen LogP contribution in [-0.4, -0.2) is 41.5 Å². The summed E-state index contributed by atoms with van der Waals surface area (Å²) in [6.45, 7) is 10.7. The standard InChI is InChI=1S/C35H34F6O2S2/c1-17(2)31-25(19(5)29(44-31)21-9-13-23(42-7)14-10-21)27-28(34(38,39)35(40,41)33(27,36)37)26-20(6)30(45-32(26,31)18(3)4)22-11-15-24(43-8)16-12-22/h9-18H,1-8H3. The van der Waals surface area contributed by atoms with Crippen molar-refractivity contribution in [1.82, 2.24) is 0 Å². The molecule has 2 heterocycles. The van der Waals surface area contributed by atoms with Gasteiger partial charge in [-0.1, -0.05) is 52.0 Å². The number of fused-ring (bicyclic) bond motifs is 4. The van der Waals surface area contributed by atoms with Gasteiger partial charge in [0.15, 0.2) is 0 Å². The van der Waals surface area contributed by atoms with Gasteiger partial charge in [-0.05, 0) is 83.4 Å². The van der Waals surface area contributed by atoms with Gasteiger partial charge in [-0.2, -0.15) is 26.3 Å². The van der Waals surface area contributed by atoms with Crippen LogP contribution in [0.25, 0.3) is 9.81 Å². The number of allylic oxidation sites excluding steroid dienone is 4. The Bertz CT molecular complexity index is 1590. The van der Waals surface area contributed by atoms with Gasteiger partial charge in [0.05, 0.1) is 23.7 Å². The minimum atomic E-state index is -5.62. The summed E-state index contributed by atoms with van der Waals surface area (Å²) in [5.74, 6) is -15.5. The molecule has 0 spiro atoms. The summed E-state index contributed by atoms with van der Waals surface area (Å²) in [6.07, 6.45) is 0. The lowest BCUT2D eigenvalue weighted by molar-refractivity contribution is -0.258. The Morgan fingerprint density at radius 3 is 1.11 bits per heavy atom. The number of hydrogen-bond donors (Lipinski definition) is 0. The molecule has 2 aromatic carbocycles. The van der Waals surface area contributed by atoms with Gasteiger partial charge in [0.2, 0.25) is 0 Å². The van der Waals surface area contributed by atoms with Crippen LogP contribution >= 0.6 is 23.5 Å². The molecule has 0 saturated heterocycles. The third kappa shape index (κ3) is 3.75. The summed E-state index contributed by atoms with van der Waals surface area (Å²) in [7, 11) is 3.05. The Morgan fingerprint density at radius 1 is 0.533 bits per heavy atom. The van der Waals surface area contributed by atoms with Gasteiger partial charge in [0.25, 0.3) is 0 Å². The fourth-order valence-electron chi connectivity index (χ4n) is 7.73. The van der Waals surface area contributed by atoms with Crippen LogP contribution in [0.15, 0.2) is 82.0 Å². The molecule has 0 amide bonds. The van der Waals surface area contributed by atoms with E-state index >= 15 is 26.3 Å². The lowest BCUT2D eigenvalue weighted by Gasteiger charge is -2.56. The molecule has 1 saturated carbocycles. The summed E-state index contributed by atoms with van der Waals surface area (Å²) >= 11 is 2.68. The smallest absolute Gasteiger partial charge is 0.380 e. The molecular weight excluding hydrogens is 631 g/mol. The number of hydrogen-bond acceptors (Lipinski definition) is 4. The fourth-order valence-corrected chi connectivity index (χ4v) is 11.8.